The maximum absolute atomic E-state index is 13.4. The summed E-state index contributed by atoms with van der Waals surface area (Å²) in [5.41, 5.74) is -5.49. The number of hydrogen-bond acceptors (Lipinski definition) is 6. The summed E-state index contributed by atoms with van der Waals surface area (Å²) in [5.74, 6) is -1.98. The molecule has 2 heterocycles. The fourth-order valence-electron chi connectivity index (χ4n) is 2.00. The number of rotatable bonds is 3. The summed E-state index contributed by atoms with van der Waals surface area (Å²) in [6.45, 7) is 0. The molecule has 6 nitrogen and oxygen atoms in total. The van der Waals surface area contributed by atoms with Crippen LogP contribution in [0.3, 0.4) is 0 Å². The van der Waals surface area contributed by atoms with Gasteiger partial charge in [-0.25, -0.2) is 9.19 Å². The predicted molar refractivity (Wildman–Crippen MR) is 83.5 cm³/mol. The lowest BCUT2D eigenvalue weighted by atomic mass is 10.2. The maximum atomic E-state index is 13.4. The molecule has 3 rings (SSSR count). The van der Waals surface area contributed by atoms with E-state index in [1.165, 1.54) is 12.1 Å². The Morgan fingerprint density at radius 2 is 1.64 bits per heavy atom. The zero-order chi connectivity index (χ0) is 20.6. The highest BCUT2D eigenvalue weighted by Gasteiger charge is 2.45. The molecule has 0 aliphatic rings. The fourth-order valence-corrected chi connectivity index (χ4v) is 3.32. The minimum absolute atomic E-state index is 0.0366. The topological polar surface area (TPSA) is 81.2 Å². The molecule has 0 aliphatic heterocycles. The first-order valence-corrected chi connectivity index (χ1v) is 8.78. The number of aromatic nitrogens is 3. The Hall–Kier alpha value is -2.96. The van der Waals surface area contributed by atoms with E-state index in [4.69, 9.17) is 0 Å². The third-order valence-corrected chi connectivity index (χ3v) is 5.17. The van der Waals surface area contributed by atoms with Gasteiger partial charge >= 0.3 is 17.6 Å². The van der Waals surface area contributed by atoms with Crippen molar-refractivity contribution in [2.45, 2.75) is 16.7 Å². The molecule has 0 bridgehead atoms. The van der Waals surface area contributed by atoms with Crippen LogP contribution in [0.4, 0.5) is 32.0 Å². The van der Waals surface area contributed by atoms with Gasteiger partial charge in [0, 0.05) is 11.8 Å². The number of pyridine rings is 1. The Balaban J connectivity index is 2.00. The van der Waals surface area contributed by atoms with E-state index in [0.717, 1.165) is 36.5 Å². The number of nitrogens with zero attached hydrogens (tertiary/aromatic N) is 4. The maximum Gasteiger partial charge on any atom is 0.485 e. The van der Waals surface area contributed by atoms with Gasteiger partial charge in [-0.05, 0) is 36.4 Å². The highest BCUT2D eigenvalue weighted by molar-refractivity contribution is 7.94. The number of halogens is 6. The Kier molecular flexibility index (Phi) is 4.87. The lowest BCUT2D eigenvalue weighted by Crippen LogP contribution is -2.23. The largest absolute Gasteiger partial charge is 0.485 e. The van der Waals surface area contributed by atoms with Gasteiger partial charge in [-0.2, -0.15) is 35.7 Å². The molecule has 0 N–H and O–H groups in total. The third kappa shape index (κ3) is 3.83. The molecule has 0 fully saturated rings. The van der Waals surface area contributed by atoms with Gasteiger partial charge in [0.05, 0.1) is 5.69 Å². The van der Waals surface area contributed by atoms with Crippen molar-refractivity contribution in [3.63, 3.8) is 0 Å². The summed E-state index contributed by atoms with van der Waals surface area (Å²) in [7, 11) is -4.91. The molecule has 0 spiro atoms. The first-order chi connectivity index (χ1) is 13.0. The van der Waals surface area contributed by atoms with E-state index in [9.17, 15) is 30.6 Å². The molecule has 13 heteroatoms. The molecule has 0 aliphatic carbocycles. The van der Waals surface area contributed by atoms with Crippen LogP contribution < -0.4 is 0 Å². The van der Waals surface area contributed by atoms with E-state index in [1.807, 2.05) is 0 Å². The molecule has 28 heavy (non-hydrogen) atoms. The van der Waals surface area contributed by atoms with Gasteiger partial charge in [-0.3, -0.25) is 0 Å². The third-order valence-electron chi connectivity index (χ3n) is 3.26. The minimum Gasteiger partial charge on any atom is -0.329 e. The van der Waals surface area contributed by atoms with Crippen molar-refractivity contribution in [1.82, 2.24) is 15.1 Å². The Morgan fingerprint density at radius 1 is 0.964 bits per heavy atom. The Bertz CT molecular complexity index is 1080. The molecule has 0 saturated carbocycles. The van der Waals surface area contributed by atoms with Crippen LogP contribution in [0, 0.1) is 0 Å². The van der Waals surface area contributed by atoms with Gasteiger partial charge in [0.1, 0.15) is 5.03 Å². The first-order valence-electron chi connectivity index (χ1n) is 7.26. The second-order valence-corrected chi connectivity index (χ2v) is 7.31. The van der Waals surface area contributed by atoms with Gasteiger partial charge in [0.2, 0.25) is 5.82 Å². The number of benzene rings is 1. The molecule has 3 aromatic rings. The highest BCUT2D eigenvalue weighted by atomic mass is 32.2. The number of alkyl halides is 6. The van der Waals surface area contributed by atoms with E-state index in [0.29, 0.717) is 0 Å². The quantitative estimate of drug-likeness (QED) is 0.565. The van der Waals surface area contributed by atoms with Crippen LogP contribution in [0.5, 0.6) is 0 Å². The second kappa shape index (κ2) is 6.89. The Morgan fingerprint density at radius 3 is 2.14 bits per heavy atom. The van der Waals surface area contributed by atoms with Crippen molar-refractivity contribution in [2.75, 3.05) is 0 Å². The van der Waals surface area contributed by atoms with E-state index >= 15 is 0 Å². The predicted octanol–water partition coefficient (Wildman–Crippen LogP) is 4.83. The van der Waals surface area contributed by atoms with Crippen LogP contribution in [0.2, 0.25) is 0 Å². The average Bonchev–Trinajstić information content (AvgIpc) is 3.12. The van der Waals surface area contributed by atoms with Crippen molar-refractivity contribution in [3.05, 3.63) is 54.6 Å². The molecule has 0 amide bonds. The zero-order valence-corrected chi connectivity index (χ0v) is 14.2. The molecule has 0 saturated heterocycles. The second-order valence-electron chi connectivity index (χ2n) is 5.20. The monoisotopic (exact) mass is 422 g/mol. The van der Waals surface area contributed by atoms with Crippen LogP contribution >= 0.6 is 0 Å². The van der Waals surface area contributed by atoms with Crippen LogP contribution in [0.15, 0.2) is 62.6 Å². The summed E-state index contributed by atoms with van der Waals surface area (Å²) < 4.78 is 97.5. The van der Waals surface area contributed by atoms with Gasteiger partial charge in [0.15, 0.2) is 9.73 Å². The van der Waals surface area contributed by atoms with Crippen molar-refractivity contribution in [3.8, 4) is 11.4 Å². The molecule has 1 unspecified atom stereocenters. The van der Waals surface area contributed by atoms with E-state index in [1.54, 1.807) is 0 Å². The number of hydrogen-bond donors (Lipinski definition) is 0. The van der Waals surface area contributed by atoms with Crippen LogP contribution in [0.1, 0.15) is 5.89 Å². The molecule has 1 aromatic carbocycles. The highest BCUT2D eigenvalue weighted by Crippen LogP contribution is 2.35. The Labute approximate surface area is 153 Å². The molecular formula is C15H8F6N4O2S. The summed E-state index contributed by atoms with van der Waals surface area (Å²) in [6, 6.07) is 7.85. The zero-order valence-electron chi connectivity index (χ0n) is 13.4. The van der Waals surface area contributed by atoms with E-state index < -0.39 is 38.2 Å². The first kappa shape index (κ1) is 19.8. The smallest absolute Gasteiger partial charge is 0.329 e. The molecule has 1 atom stereocenters. The summed E-state index contributed by atoms with van der Waals surface area (Å²) >= 11 is 0. The summed E-state index contributed by atoms with van der Waals surface area (Å²) in [4.78, 5) is 6.64. The lowest BCUT2D eigenvalue weighted by molar-refractivity contribution is -0.159. The minimum atomic E-state index is -5.20. The van der Waals surface area contributed by atoms with Gasteiger partial charge in [-0.15, -0.1) is 0 Å². The normalized spacial score (nSPS) is 14.5. The van der Waals surface area contributed by atoms with Gasteiger partial charge in [-0.1, -0.05) is 11.2 Å². The SMILES string of the molecule is O=S(=Nc1ccc(-c2noc(C(F)(F)F)n2)cc1)(c1ccccn1)C(F)(F)F. The molecule has 0 radical (unpaired) electrons. The van der Waals surface area contributed by atoms with Crippen molar-refractivity contribution < 1.29 is 35.1 Å². The fraction of sp³-hybridized carbons (Fsp3) is 0.133. The van der Waals surface area contributed by atoms with Gasteiger partial charge in [0.25, 0.3) is 0 Å². The summed E-state index contributed by atoms with van der Waals surface area (Å²) in [6.07, 6.45) is -3.78. The van der Waals surface area contributed by atoms with Crippen molar-refractivity contribution in [2.24, 2.45) is 4.36 Å². The van der Waals surface area contributed by atoms with Crippen LogP contribution in [-0.2, 0) is 15.9 Å². The van der Waals surface area contributed by atoms with Crippen LogP contribution in [0.25, 0.3) is 11.4 Å². The van der Waals surface area contributed by atoms with Gasteiger partial charge < -0.3 is 4.52 Å². The lowest BCUT2D eigenvalue weighted by Gasteiger charge is -2.12. The van der Waals surface area contributed by atoms with Crippen molar-refractivity contribution in [1.29, 1.82) is 0 Å². The van der Waals surface area contributed by atoms with Crippen molar-refractivity contribution >= 4 is 15.4 Å². The molecular weight excluding hydrogens is 414 g/mol. The average molecular weight is 422 g/mol. The molecule has 2 aromatic heterocycles. The van der Waals surface area contributed by atoms with Crippen LogP contribution in [-0.4, -0.2) is 24.8 Å². The summed E-state index contributed by atoms with van der Waals surface area (Å²) in [5, 5.41) is 2.40. The molecule has 148 valence electrons. The standard InChI is InChI=1S/C15H8F6N4O2S/c16-14(17,18)13-23-12(24-27-13)9-4-6-10(7-5-9)25-28(26,15(19,20)21)11-3-1-2-8-22-11/h1-8H. The van der Waals surface area contributed by atoms with E-state index in [-0.39, 0.29) is 11.3 Å². The van der Waals surface area contributed by atoms with E-state index in [2.05, 4.69) is 24.0 Å².